The van der Waals surface area contributed by atoms with E-state index in [0.717, 1.165) is 19.3 Å². The van der Waals surface area contributed by atoms with Gasteiger partial charge in [0.05, 0.1) is 6.10 Å². The van der Waals surface area contributed by atoms with Crippen LogP contribution in [0.2, 0.25) is 0 Å². The number of hydrogen-bond donors (Lipinski definition) is 0. The molecule has 2 fully saturated rings. The lowest BCUT2D eigenvalue weighted by atomic mass is 9.75. The van der Waals surface area contributed by atoms with Crippen molar-refractivity contribution in [2.45, 2.75) is 64.9 Å². The highest BCUT2D eigenvalue weighted by Gasteiger charge is 2.66. The van der Waals surface area contributed by atoms with Crippen LogP contribution in [0.1, 0.15) is 47.0 Å². The highest BCUT2D eigenvalue weighted by atomic mass is 16.6. The Labute approximate surface area is 182 Å². The molecule has 1 spiro atoms. The van der Waals surface area contributed by atoms with Crippen molar-refractivity contribution in [3.8, 4) is 5.75 Å². The lowest BCUT2D eigenvalue weighted by Gasteiger charge is -2.53. The Morgan fingerprint density at radius 2 is 1.90 bits per heavy atom. The van der Waals surface area contributed by atoms with Gasteiger partial charge in [-0.05, 0) is 60.9 Å². The summed E-state index contributed by atoms with van der Waals surface area (Å²) in [5, 5.41) is 0. The minimum atomic E-state index is -1.28. The summed E-state index contributed by atoms with van der Waals surface area (Å²) in [4.78, 5) is 37.8. The monoisotopic (exact) mass is 427 g/mol. The van der Waals surface area contributed by atoms with E-state index >= 15 is 0 Å². The van der Waals surface area contributed by atoms with Crippen molar-refractivity contribution in [2.75, 3.05) is 4.90 Å². The summed E-state index contributed by atoms with van der Waals surface area (Å²) < 4.78 is 17.1. The van der Waals surface area contributed by atoms with E-state index in [9.17, 15) is 14.4 Å². The maximum Gasteiger partial charge on any atom is 0.333 e. The normalized spacial score (nSPS) is 32.4. The van der Waals surface area contributed by atoms with Crippen LogP contribution in [0.15, 0.2) is 36.4 Å². The van der Waals surface area contributed by atoms with Gasteiger partial charge in [-0.3, -0.25) is 14.5 Å². The minimum Gasteiger partial charge on any atom is -0.428 e. The summed E-state index contributed by atoms with van der Waals surface area (Å²) in [6, 6.07) is 6.52. The molecule has 4 rings (SSSR count). The molecule has 5 atom stereocenters. The molecule has 0 aromatic heterocycles. The second-order valence-electron chi connectivity index (χ2n) is 9.15. The third kappa shape index (κ3) is 3.87. The van der Waals surface area contributed by atoms with Gasteiger partial charge in [0.2, 0.25) is 11.8 Å². The Hall–Kier alpha value is -2.67. The molecule has 1 aromatic rings. The van der Waals surface area contributed by atoms with Gasteiger partial charge in [-0.1, -0.05) is 27.2 Å². The summed E-state index contributed by atoms with van der Waals surface area (Å²) in [6.07, 6.45) is 5.12. The molecular weight excluding hydrogens is 398 g/mol. The zero-order valence-electron chi connectivity index (χ0n) is 18.4. The first-order valence-electron chi connectivity index (χ1n) is 10.9. The second kappa shape index (κ2) is 8.11. The third-order valence-corrected chi connectivity index (χ3v) is 6.52. The molecule has 2 heterocycles. The van der Waals surface area contributed by atoms with Crippen LogP contribution in [0.5, 0.6) is 5.75 Å². The number of carbonyl (C=O) groups excluding carboxylic acids is 3. The average molecular weight is 427 g/mol. The molecule has 1 saturated carbocycles. The zero-order chi connectivity index (χ0) is 22.3. The van der Waals surface area contributed by atoms with Crippen molar-refractivity contribution in [2.24, 2.45) is 17.8 Å². The Kier molecular flexibility index (Phi) is 5.64. The van der Waals surface area contributed by atoms with Gasteiger partial charge in [0.1, 0.15) is 5.75 Å². The number of hydrogen-bond acceptors (Lipinski definition) is 6. The van der Waals surface area contributed by atoms with Crippen molar-refractivity contribution in [3.63, 3.8) is 0 Å². The molecule has 7 heteroatoms. The molecule has 3 aliphatic rings. The summed E-state index contributed by atoms with van der Waals surface area (Å²) >= 11 is 0. The molecule has 1 aromatic carbocycles. The van der Waals surface area contributed by atoms with Gasteiger partial charge in [-0.15, -0.1) is 0 Å². The predicted octanol–water partition coefficient (Wildman–Crippen LogP) is 3.61. The second-order valence-corrected chi connectivity index (χ2v) is 9.15. The Morgan fingerprint density at radius 3 is 2.48 bits per heavy atom. The molecule has 0 N–H and O–H groups in total. The molecule has 1 saturated heterocycles. The molecule has 2 aliphatic heterocycles. The molecule has 0 bridgehead atoms. The number of ether oxygens (including phenoxy) is 3. The fourth-order valence-corrected chi connectivity index (χ4v) is 4.96. The number of nitrogens with zero attached hydrogens (tertiary/aromatic N) is 1. The highest BCUT2D eigenvalue weighted by Crippen LogP contribution is 2.46. The van der Waals surface area contributed by atoms with Crippen LogP contribution in [0.3, 0.4) is 0 Å². The van der Waals surface area contributed by atoms with E-state index in [2.05, 4.69) is 20.8 Å². The SMILES string of the molecule is CC(=O)Oc1ccc(N2C(=O)[C@@H](O[C@@H]3C[C@H](C)CC[C@H]3C(C)C)[C@@]23C=CC(=O)O3)cc1. The summed E-state index contributed by atoms with van der Waals surface area (Å²) in [5.74, 6) is 0.528. The van der Waals surface area contributed by atoms with E-state index < -0.39 is 23.8 Å². The molecule has 0 unspecified atom stereocenters. The lowest BCUT2D eigenvalue weighted by molar-refractivity contribution is -0.201. The van der Waals surface area contributed by atoms with Crippen LogP contribution in [0.4, 0.5) is 5.69 Å². The summed E-state index contributed by atoms with van der Waals surface area (Å²) in [5.41, 5.74) is -0.739. The first-order chi connectivity index (χ1) is 14.7. The van der Waals surface area contributed by atoms with Gasteiger partial charge in [-0.2, -0.15) is 0 Å². The number of esters is 2. The molecule has 1 aliphatic carbocycles. The number of benzene rings is 1. The number of carbonyl (C=O) groups is 3. The van der Waals surface area contributed by atoms with E-state index in [1.54, 1.807) is 30.3 Å². The van der Waals surface area contributed by atoms with Crippen molar-refractivity contribution in [1.82, 2.24) is 0 Å². The molecular formula is C24H29NO6. The van der Waals surface area contributed by atoms with Crippen LogP contribution >= 0.6 is 0 Å². The Bertz CT molecular complexity index is 907. The number of β-lactam (4-membered cyclic amide) rings is 1. The highest BCUT2D eigenvalue weighted by molar-refractivity contribution is 6.09. The Balaban J connectivity index is 1.59. The van der Waals surface area contributed by atoms with Gasteiger partial charge in [-0.25, -0.2) is 4.79 Å². The van der Waals surface area contributed by atoms with Gasteiger partial charge >= 0.3 is 11.9 Å². The lowest BCUT2D eigenvalue weighted by Crippen LogP contribution is -2.76. The first kappa shape index (κ1) is 21.6. The molecule has 31 heavy (non-hydrogen) atoms. The molecule has 166 valence electrons. The quantitative estimate of drug-likeness (QED) is 0.406. The van der Waals surface area contributed by atoms with Crippen LogP contribution in [0.25, 0.3) is 0 Å². The largest absolute Gasteiger partial charge is 0.428 e. The predicted molar refractivity (Wildman–Crippen MR) is 113 cm³/mol. The number of rotatable bonds is 5. The average Bonchev–Trinajstić information content (AvgIpc) is 3.11. The maximum absolute atomic E-state index is 13.2. The van der Waals surface area contributed by atoms with E-state index in [1.807, 2.05) is 0 Å². The summed E-state index contributed by atoms with van der Waals surface area (Å²) in [6.45, 7) is 7.89. The van der Waals surface area contributed by atoms with E-state index in [1.165, 1.54) is 17.9 Å². The van der Waals surface area contributed by atoms with Crippen LogP contribution in [-0.2, 0) is 23.9 Å². The maximum atomic E-state index is 13.2. The van der Waals surface area contributed by atoms with Gasteiger partial charge < -0.3 is 14.2 Å². The van der Waals surface area contributed by atoms with Crippen molar-refractivity contribution in [3.05, 3.63) is 36.4 Å². The molecule has 1 amide bonds. The smallest absolute Gasteiger partial charge is 0.333 e. The third-order valence-electron chi connectivity index (χ3n) is 6.52. The fourth-order valence-electron chi connectivity index (χ4n) is 4.96. The standard InChI is InChI=1S/C24H29NO6/c1-14(2)19-10-5-15(3)13-20(19)30-22-23(28)25(24(22)12-11-21(27)31-24)17-6-8-18(9-7-17)29-16(4)26/h6-9,11-12,14-15,19-20,22H,5,10,13H2,1-4H3/t15-,19+,20-,22-,24+/m1/s1. The van der Waals surface area contributed by atoms with Gasteiger partial charge in [0, 0.05) is 18.7 Å². The van der Waals surface area contributed by atoms with E-state index in [4.69, 9.17) is 14.2 Å². The van der Waals surface area contributed by atoms with Crippen molar-refractivity contribution in [1.29, 1.82) is 0 Å². The van der Waals surface area contributed by atoms with Crippen molar-refractivity contribution >= 4 is 23.5 Å². The molecule has 7 nitrogen and oxygen atoms in total. The fraction of sp³-hybridized carbons (Fsp3) is 0.542. The number of amides is 1. The van der Waals surface area contributed by atoms with Crippen LogP contribution in [-0.4, -0.2) is 35.8 Å². The van der Waals surface area contributed by atoms with E-state index in [0.29, 0.717) is 29.2 Å². The summed E-state index contributed by atoms with van der Waals surface area (Å²) in [7, 11) is 0. The topological polar surface area (TPSA) is 82.1 Å². The van der Waals surface area contributed by atoms with E-state index in [-0.39, 0.29) is 12.0 Å². The molecule has 0 radical (unpaired) electrons. The number of anilines is 1. The van der Waals surface area contributed by atoms with Crippen LogP contribution in [0, 0.1) is 17.8 Å². The zero-order valence-corrected chi connectivity index (χ0v) is 18.4. The van der Waals surface area contributed by atoms with Crippen molar-refractivity contribution < 1.29 is 28.6 Å². The minimum absolute atomic E-state index is 0.0595. The van der Waals surface area contributed by atoms with Crippen LogP contribution < -0.4 is 9.64 Å². The Morgan fingerprint density at radius 1 is 1.19 bits per heavy atom. The first-order valence-corrected chi connectivity index (χ1v) is 10.9. The van der Waals surface area contributed by atoms with Gasteiger partial charge in [0.15, 0.2) is 0 Å². The van der Waals surface area contributed by atoms with Gasteiger partial charge in [0.25, 0.3) is 5.91 Å².